The number of nitrogens with zero attached hydrogens (tertiary/aromatic N) is 1. The van der Waals surface area contributed by atoms with Crippen molar-refractivity contribution in [3.05, 3.63) is 29.3 Å². The lowest BCUT2D eigenvalue weighted by atomic mass is 10.1. The van der Waals surface area contributed by atoms with Crippen LogP contribution in [0.3, 0.4) is 0 Å². The summed E-state index contributed by atoms with van der Waals surface area (Å²) in [5.41, 5.74) is 8.24. The third-order valence-electron chi connectivity index (χ3n) is 2.09. The predicted octanol–water partition coefficient (Wildman–Crippen LogP) is 2.02. The molecule has 1 aromatic rings. The van der Waals surface area contributed by atoms with E-state index in [2.05, 4.69) is 30.1 Å². The van der Waals surface area contributed by atoms with Gasteiger partial charge in [-0.2, -0.15) is 0 Å². The average Bonchev–Trinajstić information content (AvgIpc) is 2.50. The molecule has 2 N–H and O–H groups in total. The summed E-state index contributed by atoms with van der Waals surface area (Å²) in [6, 6.07) is 6.28. The van der Waals surface area contributed by atoms with Crippen molar-refractivity contribution in [3.8, 4) is 0 Å². The minimum Gasteiger partial charge on any atom is -0.383 e. The summed E-state index contributed by atoms with van der Waals surface area (Å²) in [5.74, 6) is 1.77. The van der Waals surface area contributed by atoms with Gasteiger partial charge < -0.3 is 5.73 Å². The Kier molecular flexibility index (Phi) is 2.27. The molecular weight excluding hydrogens is 180 g/mol. The molecule has 0 aromatic heterocycles. The number of rotatable bonds is 2. The van der Waals surface area contributed by atoms with Crippen molar-refractivity contribution in [2.45, 2.75) is 18.4 Å². The maximum atomic E-state index is 5.81. The number of thioether (sulfide) groups is 1. The zero-order chi connectivity index (χ0) is 9.26. The standard InChI is InChI=1S/C10H12N2S/c1-2-13-8-5-3-4-7-6-12-10(11)9(7)8/h3-5H,2,6H2,1H3,(H2,11,12). The maximum Gasteiger partial charge on any atom is 0.127 e. The smallest absolute Gasteiger partial charge is 0.127 e. The third kappa shape index (κ3) is 1.44. The van der Waals surface area contributed by atoms with Crippen LogP contribution >= 0.6 is 11.8 Å². The van der Waals surface area contributed by atoms with Crippen LogP contribution < -0.4 is 5.73 Å². The second-order valence-electron chi connectivity index (χ2n) is 2.92. The van der Waals surface area contributed by atoms with Crippen molar-refractivity contribution in [3.63, 3.8) is 0 Å². The first-order chi connectivity index (χ1) is 6.33. The van der Waals surface area contributed by atoms with E-state index in [4.69, 9.17) is 5.73 Å². The highest BCUT2D eigenvalue weighted by atomic mass is 32.2. The molecule has 0 saturated carbocycles. The number of fused-ring (bicyclic) bond motifs is 1. The summed E-state index contributed by atoms with van der Waals surface area (Å²) in [4.78, 5) is 5.49. The molecule has 0 radical (unpaired) electrons. The molecule has 0 unspecified atom stereocenters. The normalized spacial score (nSPS) is 14.1. The van der Waals surface area contributed by atoms with E-state index >= 15 is 0 Å². The molecule has 0 spiro atoms. The van der Waals surface area contributed by atoms with Crippen LogP contribution in [0.25, 0.3) is 0 Å². The Morgan fingerprint density at radius 2 is 2.38 bits per heavy atom. The molecule has 2 nitrogen and oxygen atoms in total. The fourth-order valence-corrected chi connectivity index (χ4v) is 2.39. The van der Waals surface area contributed by atoms with Gasteiger partial charge in [-0.15, -0.1) is 11.8 Å². The Hall–Kier alpha value is -0.960. The molecule has 0 saturated heterocycles. The van der Waals surface area contributed by atoms with E-state index < -0.39 is 0 Å². The second kappa shape index (κ2) is 3.42. The number of benzene rings is 1. The maximum absolute atomic E-state index is 5.81. The molecule has 0 atom stereocenters. The van der Waals surface area contributed by atoms with E-state index in [0.717, 1.165) is 17.9 Å². The zero-order valence-electron chi connectivity index (χ0n) is 7.58. The quantitative estimate of drug-likeness (QED) is 0.728. The monoisotopic (exact) mass is 192 g/mol. The Labute approximate surface area is 82.2 Å². The number of aliphatic imine (C=N–C) groups is 1. The first-order valence-electron chi connectivity index (χ1n) is 4.38. The molecule has 0 amide bonds. The predicted molar refractivity (Wildman–Crippen MR) is 57.3 cm³/mol. The van der Waals surface area contributed by atoms with E-state index in [-0.39, 0.29) is 0 Å². The van der Waals surface area contributed by atoms with Crippen LogP contribution in [0.4, 0.5) is 0 Å². The van der Waals surface area contributed by atoms with E-state index in [1.165, 1.54) is 10.5 Å². The van der Waals surface area contributed by atoms with Gasteiger partial charge in [0, 0.05) is 10.5 Å². The molecule has 68 valence electrons. The summed E-state index contributed by atoms with van der Waals surface area (Å²) >= 11 is 1.82. The number of hydrogen-bond donors (Lipinski definition) is 1. The van der Waals surface area contributed by atoms with Crippen LogP contribution in [0.15, 0.2) is 28.1 Å². The van der Waals surface area contributed by atoms with Crippen molar-refractivity contribution in [1.29, 1.82) is 0 Å². The van der Waals surface area contributed by atoms with Crippen LogP contribution in [-0.2, 0) is 6.54 Å². The molecule has 0 fully saturated rings. The van der Waals surface area contributed by atoms with Crippen LogP contribution in [0, 0.1) is 0 Å². The molecule has 3 heteroatoms. The Balaban J connectivity index is 2.47. The molecule has 1 aromatic carbocycles. The van der Waals surface area contributed by atoms with Gasteiger partial charge in [0.15, 0.2) is 0 Å². The molecular formula is C10H12N2S. The zero-order valence-corrected chi connectivity index (χ0v) is 8.40. The van der Waals surface area contributed by atoms with Gasteiger partial charge in [0.05, 0.1) is 6.54 Å². The van der Waals surface area contributed by atoms with Gasteiger partial charge in [-0.05, 0) is 17.4 Å². The fourth-order valence-electron chi connectivity index (χ4n) is 1.52. The third-order valence-corrected chi connectivity index (χ3v) is 3.03. The topological polar surface area (TPSA) is 38.4 Å². The summed E-state index contributed by atoms with van der Waals surface area (Å²) in [5, 5.41) is 0. The summed E-state index contributed by atoms with van der Waals surface area (Å²) in [6.07, 6.45) is 0. The number of hydrogen-bond acceptors (Lipinski definition) is 3. The van der Waals surface area contributed by atoms with Gasteiger partial charge in [0.2, 0.25) is 0 Å². The lowest BCUT2D eigenvalue weighted by Crippen LogP contribution is -2.11. The largest absolute Gasteiger partial charge is 0.383 e. The minimum atomic E-state index is 0.701. The number of amidine groups is 1. The Bertz CT molecular complexity index is 358. The molecule has 1 aliphatic rings. The minimum absolute atomic E-state index is 0.701. The van der Waals surface area contributed by atoms with Gasteiger partial charge in [-0.1, -0.05) is 19.1 Å². The van der Waals surface area contributed by atoms with Crippen LogP contribution in [0.5, 0.6) is 0 Å². The second-order valence-corrected chi connectivity index (χ2v) is 4.23. The molecule has 13 heavy (non-hydrogen) atoms. The van der Waals surface area contributed by atoms with Gasteiger partial charge >= 0.3 is 0 Å². The van der Waals surface area contributed by atoms with Crippen molar-refractivity contribution in [1.82, 2.24) is 0 Å². The van der Waals surface area contributed by atoms with Crippen LogP contribution in [-0.4, -0.2) is 11.6 Å². The highest BCUT2D eigenvalue weighted by Gasteiger charge is 2.16. The van der Waals surface area contributed by atoms with E-state index in [0.29, 0.717) is 5.84 Å². The van der Waals surface area contributed by atoms with Gasteiger partial charge in [-0.25, -0.2) is 0 Å². The van der Waals surface area contributed by atoms with Crippen molar-refractivity contribution in [2.75, 3.05) is 5.75 Å². The number of nitrogens with two attached hydrogens (primary N) is 1. The molecule has 0 bridgehead atoms. The SMILES string of the molecule is CCSc1cccc2c1C(N)=NC2. The van der Waals surface area contributed by atoms with Gasteiger partial charge in [-0.3, -0.25) is 4.99 Å². The summed E-state index contributed by atoms with van der Waals surface area (Å²) in [7, 11) is 0. The fraction of sp³-hybridized carbons (Fsp3) is 0.300. The summed E-state index contributed by atoms with van der Waals surface area (Å²) < 4.78 is 0. The van der Waals surface area contributed by atoms with E-state index in [1.54, 1.807) is 0 Å². The van der Waals surface area contributed by atoms with Crippen molar-refractivity contribution >= 4 is 17.6 Å². The Morgan fingerprint density at radius 3 is 3.15 bits per heavy atom. The Morgan fingerprint density at radius 1 is 1.54 bits per heavy atom. The van der Waals surface area contributed by atoms with Crippen LogP contribution in [0.2, 0.25) is 0 Å². The van der Waals surface area contributed by atoms with Crippen LogP contribution in [0.1, 0.15) is 18.1 Å². The molecule has 1 aliphatic heterocycles. The molecule has 2 rings (SSSR count). The summed E-state index contributed by atoms with van der Waals surface area (Å²) in [6.45, 7) is 2.89. The van der Waals surface area contributed by atoms with Gasteiger partial charge in [0.1, 0.15) is 5.84 Å². The molecule has 1 heterocycles. The molecule has 0 aliphatic carbocycles. The first kappa shape index (κ1) is 8.63. The van der Waals surface area contributed by atoms with Gasteiger partial charge in [0.25, 0.3) is 0 Å². The van der Waals surface area contributed by atoms with E-state index in [9.17, 15) is 0 Å². The first-order valence-corrected chi connectivity index (χ1v) is 5.36. The van der Waals surface area contributed by atoms with E-state index in [1.807, 2.05) is 11.8 Å². The average molecular weight is 192 g/mol. The lowest BCUT2D eigenvalue weighted by Gasteiger charge is -2.05. The lowest BCUT2D eigenvalue weighted by molar-refractivity contribution is 1.10. The van der Waals surface area contributed by atoms with Crippen molar-refractivity contribution < 1.29 is 0 Å². The van der Waals surface area contributed by atoms with Crippen molar-refractivity contribution in [2.24, 2.45) is 10.7 Å². The highest BCUT2D eigenvalue weighted by Crippen LogP contribution is 2.28. The highest BCUT2D eigenvalue weighted by molar-refractivity contribution is 7.99.